The van der Waals surface area contributed by atoms with E-state index in [0.717, 1.165) is 10.9 Å². The van der Waals surface area contributed by atoms with Gasteiger partial charge in [0.2, 0.25) is 11.8 Å². The zero-order valence-electron chi connectivity index (χ0n) is 24.1. The molecule has 5 bridgehead atoms. The lowest BCUT2D eigenvalue weighted by Gasteiger charge is -2.35. The van der Waals surface area contributed by atoms with E-state index in [9.17, 15) is 24.3 Å². The molecule has 11 heteroatoms. The van der Waals surface area contributed by atoms with Crippen molar-refractivity contribution in [3.63, 3.8) is 0 Å². The summed E-state index contributed by atoms with van der Waals surface area (Å²) in [6.07, 6.45) is 3.74. The van der Waals surface area contributed by atoms with Gasteiger partial charge in [-0.25, -0.2) is 10.4 Å². The van der Waals surface area contributed by atoms with Crippen molar-refractivity contribution >= 4 is 40.7 Å². The highest BCUT2D eigenvalue weighted by Gasteiger charge is 2.36. The molecule has 1 saturated heterocycles. The van der Waals surface area contributed by atoms with Gasteiger partial charge in [0.15, 0.2) is 0 Å². The van der Waals surface area contributed by atoms with Crippen LogP contribution >= 0.6 is 0 Å². The number of carbonyl (C=O) groups excluding carboxylic acids is 4. The molecule has 0 aliphatic carbocycles. The number of aromatic nitrogens is 1. The van der Waals surface area contributed by atoms with E-state index in [1.165, 1.54) is 5.01 Å². The molecular formula is C30H39N5O6. The van der Waals surface area contributed by atoms with Crippen LogP contribution < -0.4 is 16.1 Å². The molecule has 2 aromatic rings. The normalized spacial score (nSPS) is 29.2. The molecule has 4 N–H and O–H groups in total. The van der Waals surface area contributed by atoms with Crippen LogP contribution in [0.3, 0.4) is 0 Å². The highest BCUT2D eigenvalue weighted by molar-refractivity contribution is 5.94. The van der Waals surface area contributed by atoms with Gasteiger partial charge in [0.1, 0.15) is 24.2 Å². The van der Waals surface area contributed by atoms with Gasteiger partial charge in [0.05, 0.1) is 23.2 Å². The monoisotopic (exact) mass is 565 g/mol. The topological polar surface area (TPSA) is 150 Å². The van der Waals surface area contributed by atoms with Crippen molar-refractivity contribution in [2.45, 2.75) is 71.7 Å². The van der Waals surface area contributed by atoms with E-state index in [-0.39, 0.29) is 5.92 Å². The number of aliphatic hydroxyl groups excluding tert-OH is 1. The minimum Gasteiger partial charge on any atom is -0.455 e. The first-order valence-electron chi connectivity index (χ1n) is 14.0. The third kappa shape index (κ3) is 6.74. The van der Waals surface area contributed by atoms with Crippen LogP contribution in [0.15, 0.2) is 36.4 Å². The average molecular weight is 566 g/mol. The first-order chi connectivity index (χ1) is 19.4. The number of nitrogens with one attached hydrogen (secondary N) is 3. The molecule has 0 radical (unpaired) electrons. The number of esters is 1. The minimum atomic E-state index is -1.33. The first-order valence-corrected chi connectivity index (χ1v) is 14.0. The maximum atomic E-state index is 13.4. The number of benzene rings is 1. The smallest absolute Gasteiger partial charge is 0.325 e. The molecule has 1 aromatic carbocycles. The van der Waals surface area contributed by atoms with Crippen molar-refractivity contribution in [2.24, 2.45) is 11.3 Å². The van der Waals surface area contributed by atoms with Crippen molar-refractivity contribution in [1.82, 2.24) is 26.1 Å². The number of rotatable bonds is 2. The SMILES string of the molecule is CC(C)[C@@H]1NC(=O)[C@@](C)(CO)/C=C/c2ccc3ccc(nc3c2)[C@@H](C)OC(=O)[C@@H]2CCCN(N2)C(=O)[C@H](C)NC1=O. The van der Waals surface area contributed by atoms with E-state index >= 15 is 0 Å². The van der Waals surface area contributed by atoms with E-state index in [1.54, 1.807) is 52.8 Å². The lowest BCUT2D eigenvalue weighted by molar-refractivity contribution is -0.157. The summed E-state index contributed by atoms with van der Waals surface area (Å²) < 4.78 is 5.73. The predicted molar refractivity (Wildman–Crippen MR) is 153 cm³/mol. The van der Waals surface area contributed by atoms with Gasteiger partial charge in [0.25, 0.3) is 5.91 Å². The van der Waals surface area contributed by atoms with Gasteiger partial charge in [-0.15, -0.1) is 0 Å². The van der Waals surface area contributed by atoms with Crippen LogP contribution in [0.5, 0.6) is 0 Å². The third-order valence-electron chi connectivity index (χ3n) is 7.64. The number of fused-ring (bicyclic) bond motifs is 4. The number of pyridine rings is 1. The van der Waals surface area contributed by atoms with Crippen molar-refractivity contribution in [1.29, 1.82) is 0 Å². The maximum Gasteiger partial charge on any atom is 0.325 e. The summed E-state index contributed by atoms with van der Waals surface area (Å²) in [5.74, 6) is -2.27. The summed E-state index contributed by atoms with van der Waals surface area (Å²) in [6, 6.07) is 6.70. The molecule has 11 nitrogen and oxygen atoms in total. The highest BCUT2D eigenvalue weighted by atomic mass is 16.5. The van der Waals surface area contributed by atoms with Gasteiger partial charge < -0.3 is 20.5 Å². The second kappa shape index (κ2) is 12.4. The van der Waals surface area contributed by atoms with Crippen LogP contribution in [0.2, 0.25) is 0 Å². The molecule has 5 atom stereocenters. The molecule has 0 unspecified atom stereocenters. The summed E-state index contributed by atoms with van der Waals surface area (Å²) in [7, 11) is 0. The second-order valence-electron chi connectivity index (χ2n) is 11.4. The molecular weight excluding hydrogens is 526 g/mol. The lowest BCUT2D eigenvalue weighted by atomic mass is 9.88. The number of amides is 3. The van der Waals surface area contributed by atoms with Crippen molar-refractivity contribution in [3.05, 3.63) is 47.7 Å². The molecule has 3 amide bonds. The zero-order valence-corrected chi connectivity index (χ0v) is 24.1. The number of aliphatic hydroxyl groups is 1. The number of carbonyl (C=O) groups is 4. The maximum absolute atomic E-state index is 13.4. The molecule has 3 heterocycles. The van der Waals surface area contributed by atoms with Crippen molar-refractivity contribution in [2.75, 3.05) is 13.2 Å². The summed E-state index contributed by atoms with van der Waals surface area (Å²) in [4.78, 5) is 57.5. The van der Waals surface area contributed by atoms with E-state index in [0.29, 0.717) is 30.6 Å². The fourth-order valence-electron chi connectivity index (χ4n) is 4.83. The van der Waals surface area contributed by atoms with E-state index in [4.69, 9.17) is 9.72 Å². The Hall–Kier alpha value is -3.83. The van der Waals surface area contributed by atoms with Gasteiger partial charge in [-0.2, -0.15) is 0 Å². The van der Waals surface area contributed by atoms with Gasteiger partial charge in [-0.3, -0.25) is 24.2 Å². The number of ether oxygens (including phenoxy) is 1. The third-order valence-corrected chi connectivity index (χ3v) is 7.64. The molecule has 2 aliphatic rings. The molecule has 220 valence electrons. The van der Waals surface area contributed by atoms with Crippen LogP contribution in [0.25, 0.3) is 17.0 Å². The van der Waals surface area contributed by atoms with Crippen molar-refractivity contribution < 1.29 is 29.0 Å². The molecule has 1 aromatic heterocycles. The van der Waals surface area contributed by atoms with E-state index in [1.807, 2.05) is 24.3 Å². The summed E-state index contributed by atoms with van der Waals surface area (Å²) >= 11 is 0. The largest absolute Gasteiger partial charge is 0.455 e. The molecule has 41 heavy (non-hydrogen) atoms. The quantitative estimate of drug-likeness (QED) is 0.404. The molecule has 0 saturated carbocycles. The standard InChI is InChI=1S/C30H39N5O6/c1-17(2)25-26(37)31-18(3)27(38)35-14-6-7-23(34-35)28(39)41-19(4)22-11-10-21-9-8-20(15-24(21)32-22)12-13-30(5,16-36)29(40)33-25/h8-13,15,17-19,23,25,34,36H,6-7,14,16H2,1-5H3,(H,31,37)(H,33,40)/b13-12+/t18-,19+,23-,25-,30+/m0/s1. The number of hydrazine groups is 1. The fourth-order valence-corrected chi connectivity index (χ4v) is 4.83. The molecule has 4 rings (SSSR count). The Morgan fingerprint density at radius 2 is 1.85 bits per heavy atom. The average Bonchev–Trinajstić information content (AvgIpc) is 2.96. The second-order valence-corrected chi connectivity index (χ2v) is 11.4. The Labute approximate surface area is 239 Å². The minimum absolute atomic E-state index is 0.301. The van der Waals surface area contributed by atoms with E-state index in [2.05, 4.69) is 16.1 Å². The summed E-state index contributed by atoms with van der Waals surface area (Å²) in [5.41, 5.74) is 3.62. The number of nitrogens with zero attached hydrogens (tertiary/aromatic N) is 2. The predicted octanol–water partition coefficient (Wildman–Crippen LogP) is 2.01. The van der Waals surface area contributed by atoms with Crippen LogP contribution in [0.1, 0.15) is 64.8 Å². The Kier molecular flexibility index (Phi) is 9.08. The number of hydrogen-bond donors (Lipinski definition) is 4. The highest BCUT2D eigenvalue weighted by Crippen LogP contribution is 2.25. The van der Waals surface area contributed by atoms with Gasteiger partial charge >= 0.3 is 5.97 Å². The Morgan fingerprint density at radius 1 is 1.12 bits per heavy atom. The molecule has 1 fully saturated rings. The Morgan fingerprint density at radius 3 is 2.56 bits per heavy atom. The Balaban J connectivity index is 1.72. The number of hydrogen-bond acceptors (Lipinski definition) is 8. The molecule has 2 aliphatic heterocycles. The number of cyclic esters (lactones) is 1. The van der Waals surface area contributed by atoms with Crippen LogP contribution in [0, 0.1) is 11.3 Å². The summed E-state index contributed by atoms with van der Waals surface area (Å²) in [5, 5.41) is 17.9. The van der Waals surface area contributed by atoms with E-state index < -0.39 is 59.9 Å². The van der Waals surface area contributed by atoms with Gasteiger partial charge in [-0.05, 0) is 57.2 Å². The Bertz CT molecular complexity index is 1360. The van der Waals surface area contributed by atoms with Crippen molar-refractivity contribution in [3.8, 4) is 0 Å². The van der Waals surface area contributed by atoms with Crippen LogP contribution in [0.4, 0.5) is 0 Å². The van der Waals surface area contributed by atoms with Crippen LogP contribution in [-0.2, 0) is 23.9 Å². The zero-order chi connectivity index (χ0) is 29.9. The fraction of sp³-hybridized carbons (Fsp3) is 0.500. The van der Waals surface area contributed by atoms with Gasteiger partial charge in [-0.1, -0.05) is 44.2 Å². The first kappa shape index (κ1) is 30.1. The summed E-state index contributed by atoms with van der Waals surface area (Å²) in [6.45, 7) is 8.31. The lowest BCUT2D eigenvalue weighted by Crippen LogP contribution is -2.61. The molecule has 0 spiro atoms. The van der Waals surface area contributed by atoms with Crippen LogP contribution in [-0.4, -0.2) is 70.1 Å². The van der Waals surface area contributed by atoms with Gasteiger partial charge in [0, 0.05) is 11.9 Å².